The second-order valence-electron chi connectivity index (χ2n) is 8.61. The number of halogens is 1. The predicted octanol–water partition coefficient (Wildman–Crippen LogP) is 7.73. The number of nitrogens with one attached hydrogen (secondary N) is 2. The number of benzene rings is 4. The molecule has 0 aliphatic carbocycles. The van der Waals surface area contributed by atoms with Crippen molar-refractivity contribution in [1.29, 1.82) is 0 Å². The number of thioether (sulfide) groups is 1. The SMILES string of the molecule is CCCCOc1ccc(NC(=O)C(Sc2ccc(NC(=O)c3ccc(F)cc3)cc2)c2ccccc2)cc1. The van der Waals surface area contributed by atoms with Gasteiger partial charge in [-0.2, -0.15) is 0 Å². The summed E-state index contributed by atoms with van der Waals surface area (Å²) < 4.78 is 18.8. The molecule has 4 rings (SSSR count). The zero-order chi connectivity index (χ0) is 26.7. The minimum absolute atomic E-state index is 0.144. The van der Waals surface area contributed by atoms with Crippen molar-refractivity contribution >= 4 is 35.0 Å². The zero-order valence-corrected chi connectivity index (χ0v) is 21.8. The number of rotatable bonds is 11. The van der Waals surface area contributed by atoms with Crippen LogP contribution in [0.2, 0.25) is 0 Å². The molecule has 4 aromatic rings. The van der Waals surface area contributed by atoms with Crippen LogP contribution in [-0.2, 0) is 4.79 Å². The third kappa shape index (κ3) is 7.70. The molecule has 1 unspecified atom stereocenters. The van der Waals surface area contributed by atoms with Crippen molar-refractivity contribution in [2.75, 3.05) is 17.2 Å². The Morgan fingerprint density at radius 1 is 0.816 bits per heavy atom. The van der Waals surface area contributed by atoms with Crippen LogP contribution in [0.3, 0.4) is 0 Å². The van der Waals surface area contributed by atoms with Gasteiger partial charge in [-0.1, -0.05) is 43.7 Å². The molecule has 0 saturated heterocycles. The number of unbranched alkanes of at least 4 members (excludes halogenated alkanes) is 1. The first-order chi connectivity index (χ1) is 18.5. The van der Waals surface area contributed by atoms with Gasteiger partial charge in [0, 0.05) is 21.8 Å². The van der Waals surface area contributed by atoms with Gasteiger partial charge in [0.25, 0.3) is 5.91 Å². The van der Waals surface area contributed by atoms with Crippen LogP contribution in [0.4, 0.5) is 15.8 Å². The summed E-state index contributed by atoms with van der Waals surface area (Å²) in [5, 5.41) is 5.33. The summed E-state index contributed by atoms with van der Waals surface area (Å²) in [6.07, 6.45) is 2.07. The van der Waals surface area contributed by atoms with E-state index in [1.807, 2.05) is 66.7 Å². The van der Waals surface area contributed by atoms with Crippen molar-refractivity contribution in [2.45, 2.75) is 29.9 Å². The minimum Gasteiger partial charge on any atom is -0.494 e. The number of carbonyl (C=O) groups is 2. The Hall–Kier alpha value is -4.10. The zero-order valence-electron chi connectivity index (χ0n) is 21.0. The highest BCUT2D eigenvalue weighted by molar-refractivity contribution is 8.00. The highest BCUT2D eigenvalue weighted by Crippen LogP contribution is 2.37. The molecule has 0 saturated carbocycles. The maximum absolute atomic E-state index is 13.4. The van der Waals surface area contributed by atoms with Gasteiger partial charge < -0.3 is 15.4 Å². The Morgan fingerprint density at radius 3 is 2.11 bits per heavy atom. The molecule has 7 heteroatoms. The molecule has 194 valence electrons. The van der Waals surface area contributed by atoms with Gasteiger partial charge in [-0.05, 0) is 84.8 Å². The largest absolute Gasteiger partial charge is 0.494 e. The molecule has 0 bridgehead atoms. The van der Waals surface area contributed by atoms with Crippen LogP contribution < -0.4 is 15.4 Å². The van der Waals surface area contributed by atoms with Crippen molar-refractivity contribution in [3.63, 3.8) is 0 Å². The Bertz CT molecular complexity index is 1330. The topological polar surface area (TPSA) is 67.4 Å². The first kappa shape index (κ1) is 26.9. The van der Waals surface area contributed by atoms with E-state index in [-0.39, 0.29) is 11.8 Å². The Morgan fingerprint density at radius 2 is 1.45 bits per heavy atom. The molecule has 0 aliphatic rings. The maximum atomic E-state index is 13.4. The number of hydrogen-bond donors (Lipinski definition) is 2. The summed E-state index contributed by atoms with van der Waals surface area (Å²) >= 11 is 1.42. The van der Waals surface area contributed by atoms with Crippen molar-refractivity contribution in [1.82, 2.24) is 0 Å². The molecule has 0 aromatic heterocycles. The molecule has 0 spiro atoms. The summed E-state index contributed by atoms with van der Waals surface area (Å²) in [4.78, 5) is 26.7. The lowest BCUT2D eigenvalue weighted by Gasteiger charge is -2.18. The van der Waals surface area contributed by atoms with Crippen LogP contribution in [0.5, 0.6) is 5.75 Å². The van der Waals surface area contributed by atoms with E-state index in [1.165, 1.54) is 36.0 Å². The molecule has 4 aromatic carbocycles. The van der Waals surface area contributed by atoms with Crippen molar-refractivity contribution in [3.8, 4) is 5.75 Å². The summed E-state index contributed by atoms with van der Waals surface area (Å²) in [5.41, 5.74) is 2.54. The van der Waals surface area contributed by atoms with E-state index in [0.717, 1.165) is 29.1 Å². The number of amides is 2. The van der Waals surface area contributed by atoms with Crippen molar-refractivity contribution < 1.29 is 18.7 Å². The molecule has 0 radical (unpaired) electrons. The van der Waals surface area contributed by atoms with Gasteiger partial charge in [0.15, 0.2) is 0 Å². The molecule has 2 amide bonds. The van der Waals surface area contributed by atoms with Gasteiger partial charge in [-0.25, -0.2) is 4.39 Å². The molecule has 2 N–H and O–H groups in total. The van der Waals surface area contributed by atoms with Crippen LogP contribution in [0.25, 0.3) is 0 Å². The molecular formula is C31H29FN2O3S. The lowest BCUT2D eigenvalue weighted by Crippen LogP contribution is -2.19. The summed E-state index contributed by atoms with van der Waals surface area (Å²) in [6, 6.07) is 29.6. The van der Waals surface area contributed by atoms with E-state index < -0.39 is 11.1 Å². The van der Waals surface area contributed by atoms with Crippen molar-refractivity contribution in [3.05, 3.63) is 120 Å². The molecule has 0 heterocycles. The van der Waals surface area contributed by atoms with E-state index in [0.29, 0.717) is 23.5 Å². The first-order valence-electron chi connectivity index (χ1n) is 12.4. The summed E-state index contributed by atoms with van der Waals surface area (Å²) in [5.74, 6) is -0.0892. The molecule has 38 heavy (non-hydrogen) atoms. The fourth-order valence-corrected chi connectivity index (χ4v) is 4.66. The standard InChI is InChI=1S/C31H29FN2O3S/c1-2-3-21-37-27-17-13-25(14-18-27)34-31(36)29(22-7-5-4-6-8-22)38-28-19-15-26(16-20-28)33-30(35)23-9-11-24(32)12-10-23/h4-20,29H,2-3,21H2,1H3,(H,33,35)(H,34,36). The number of carbonyl (C=O) groups excluding carboxylic acids is 2. The summed E-state index contributed by atoms with van der Waals surface area (Å²) in [7, 11) is 0. The van der Waals surface area contributed by atoms with E-state index in [1.54, 1.807) is 12.1 Å². The van der Waals surface area contributed by atoms with Crippen LogP contribution in [-0.4, -0.2) is 18.4 Å². The number of ether oxygens (including phenoxy) is 1. The Balaban J connectivity index is 1.42. The van der Waals surface area contributed by atoms with Gasteiger partial charge in [0.2, 0.25) is 5.91 Å². The van der Waals surface area contributed by atoms with E-state index in [2.05, 4.69) is 17.6 Å². The third-order valence-corrected chi connectivity index (χ3v) is 6.97. The molecule has 1 atom stereocenters. The summed E-state index contributed by atoms with van der Waals surface area (Å²) in [6.45, 7) is 2.79. The average molecular weight is 529 g/mol. The predicted molar refractivity (Wildman–Crippen MR) is 151 cm³/mol. The van der Waals surface area contributed by atoms with Gasteiger partial charge in [-0.3, -0.25) is 9.59 Å². The highest BCUT2D eigenvalue weighted by Gasteiger charge is 2.22. The van der Waals surface area contributed by atoms with E-state index in [4.69, 9.17) is 4.74 Å². The van der Waals surface area contributed by atoms with Crippen LogP contribution in [0, 0.1) is 5.82 Å². The van der Waals surface area contributed by atoms with Crippen LogP contribution >= 0.6 is 11.8 Å². The van der Waals surface area contributed by atoms with E-state index >= 15 is 0 Å². The second kappa shape index (κ2) is 13.4. The van der Waals surface area contributed by atoms with Crippen LogP contribution in [0.1, 0.15) is 40.9 Å². The number of anilines is 2. The third-order valence-electron chi connectivity index (χ3n) is 5.70. The van der Waals surface area contributed by atoms with E-state index in [9.17, 15) is 14.0 Å². The lowest BCUT2D eigenvalue weighted by molar-refractivity contribution is -0.115. The van der Waals surface area contributed by atoms with Crippen LogP contribution in [0.15, 0.2) is 108 Å². The maximum Gasteiger partial charge on any atom is 0.255 e. The number of hydrogen-bond acceptors (Lipinski definition) is 4. The quantitative estimate of drug-likeness (QED) is 0.154. The van der Waals surface area contributed by atoms with Gasteiger partial charge >= 0.3 is 0 Å². The van der Waals surface area contributed by atoms with Gasteiger partial charge in [0.05, 0.1) is 6.61 Å². The Labute approximate surface area is 226 Å². The highest BCUT2D eigenvalue weighted by atomic mass is 32.2. The van der Waals surface area contributed by atoms with Gasteiger partial charge in [0.1, 0.15) is 16.8 Å². The van der Waals surface area contributed by atoms with Gasteiger partial charge in [-0.15, -0.1) is 11.8 Å². The van der Waals surface area contributed by atoms with Crippen molar-refractivity contribution in [2.24, 2.45) is 0 Å². The normalized spacial score (nSPS) is 11.4. The fourth-order valence-electron chi connectivity index (χ4n) is 3.63. The monoisotopic (exact) mass is 528 g/mol. The fraction of sp³-hybridized carbons (Fsp3) is 0.161. The molecule has 0 fully saturated rings. The molecule has 0 aliphatic heterocycles. The smallest absolute Gasteiger partial charge is 0.255 e. The lowest BCUT2D eigenvalue weighted by atomic mass is 10.1. The molecular weight excluding hydrogens is 499 g/mol. The Kier molecular flexibility index (Phi) is 9.54. The minimum atomic E-state index is -0.490. The first-order valence-corrected chi connectivity index (χ1v) is 13.3. The average Bonchev–Trinajstić information content (AvgIpc) is 2.94. The second-order valence-corrected chi connectivity index (χ2v) is 9.79. The molecule has 5 nitrogen and oxygen atoms in total.